The van der Waals surface area contributed by atoms with Gasteiger partial charge >= 0.3 is 0 Å². The van der Waals surface area contributed by atoms with E-state index in [1.807, 2.05) is 6.92 Å². The van der Waals surface area contributed by atoms with Crippen LogP contribution in [0.2, 0.25) is 0 Å². The third-order valence-corrected chi connectivity index (χ3v) is 5.73. The van der Waals surface area contributed by atoms with Gasteiger partial charge in [-0.25, -0.2) is 0 Å². The molecule has 0 spiro atoms. The number of aryl methyl sites for hydroxylation is 1. The molecule has 7 nitrogen and oxygen atoms in total. The molecule has 3 heterocycles. The van der Waals surface area contributed by atoms with Crippen LogP contribution < -0.4 is 0 Å². The van der Waals surface area contributed by atoms with E-state index in [0.717, 1.165) is 58.7 Å². The van der Waals surface area contributed by atoms with Crippen molar-refractivity contribution < 1.29 is 9.21 Å². The van der Waals surface area contributed by atoms with Gasteiger partial charge in [0.2, 0.25) is 17.7 Å². The molecular formula is C18H31N5O2. The summed E-state index contributed by atoms with van der Waals surface area (Å²) in [5.41, 5.74) is 0. The van der Waals surface area contributed by atoms with Crippen molar-refractivity contribution in [3.8, 4) is 0 Å². The van der Waals surface area contributed by atoms with Crippen LogP contribution in [0.1, 0.15) is 50.9 Å². The van der Waals surface area contributed by atoms with Crippen LogP contribution in [-0.4, -0.2) is 76.6 Å². The molecule has 1 aromatic rings. The van der Waals surface area contributed by atoms with Gasteiger partial charge in [-0.1, -0.05) is 6.92 Å². The van der Waals surface area contributed by atoms with Gasteiger partial charge in [0.05, 0.1) is 6.04 Å². The molecule has 0 N–H and O–H groups in total. The van der Waals surface area contributed by atoms with Crippen molar-refractivity contribution in [1.82, 2.24) is 24.9 Å². The minimum absolute atomic E-state index is 0.153. The number of nitrogens with zero attached hydrogens (tertiary/aromatic N) is 5. The first-order valence-electron chi connectivity index (χ1n) is 9.61. The monoisotopic (exact) mass is 349 g/mol. The van der Waals surface area contributed by atoms with Crippen LogP contribution in [0, 0.1) is 12.8 Å². The third kappa shape index (κ3) is 4.58. The molecule has 2 aliphatic rings. The molecular weight excluding hydrogens is 318 g/mol. The standard InChI is InChI=1S/C18H31N5O2/c1-4-21-9-11-23(12-10-21)17(24)13-16-5-7-22(8-6-16)14(2)18-20-19-15(3)25-18/h14,16H,4-13H2,1-3H3. The predicted molar refractivity (Wildman–Crippen MR) is 95.1 cm³/mol. The molecule has 2 saturated heterocycles. The molecule has 2 aliphatic heterocycles. The number of likely N-dealkylation sites (tertiary alicyclic amines) is 1. The Morgan fingerprint density at radius 1 is 1.16 bits per heavy atom. The lowest BCUT2D eigenvalue weighted by Gasteiger charge is -2.37. The first kappa shape index (κ1) is 18.3. The lowest BCUT2D eigenvalue weighted by molar-refractivity contribution is -0.134. The van der Waals surface area contributed by atoms with Crippen molar-refractivity contribution in [2.75, 3.05) is 45.8 Å². The fourth-order valence-corrected chi connectivity index (χ4v) is 3.87. The summed E-state index contributed by atoms with van der Waals surface area (Å²) >= 11 is 0. The number of piperazine rings is 1. The minimum atomic E-state index is 0.153. The molecule has 25 heavy (non-hydrogen) atoms. The zero-order chi connectivity index (χ0) is 17.8. The second kappa shape index (κ2) is 8.27. The van der Waals surface area contributed by atoms with Crippen molar-refractivity contribution in [2.45, 2.75) is 46.1 Å². The third-order valence-electron chi connectivity index (χ3n) is 5.73. The van der Waals surface area contributed by atoms with Gasteiger partial charge in [0.25, 0.3) is 0 Å². The Kier molecular flexibility index (Phi) is 6.06. The van der Waals surface area contributed by atoms with E-state index >= 15 is 0 Å². The Morgan fingerprint density at radius 3 is 2.40 bits per heavy atom. The molecule has 7 heteroatoms. The molecule has 0 saturated carbocycles. The lowest BCUT2D eigenvalue weighted by atomic mass is 9.92. The normalized spacial score (nSPS) is 22.3. The van der Waals surface area contributed by atoms with E-state index in [1.165, 1.54) is 0 Å². The van der Waals surface area contributed by atoms with Crippen molar-refractivity contribution in [2.24, 2.45) is 5.92 Å². The van der Waals surface area contributed by atoms with Crippen LogP contribution in [0.3, 0.4) is 0 Å². The fraction of sp³-hybridized carbons (Fsp3) is 0.833. The Hall–Kier alpha value is -1.47. The van der Waals surface area contributed by atoms with Crippen LogP contribution in [-0.2, 0) is 4.79 Å². The Balaban J connectivity index is 1.42. The van der Waals surface area contributed by atoms with Crippen molar-refractivity contribution in [1.29, 1.82) is 0 Å². The van der Waals surface area contributed by atoms with Crippen molar-refractivity contribution in [3.05, 3.63) is 11.8 Å². The van der Waals surface area contributed by atoms with Gasteiger partial charge in [0.15, 0.2) is 0 Å². The number of hydrogen-bond acceptors (Lipinski definition) is 6. The summed E-state index contributed by atoms with van der Waals surface area (Å²) in [5, 5.41) is 8.06. The molecule has 1 amide bonds. The lowest BCUT2D eigenvalue weighted by Crippen LogP contribution is -2.49. The highest BCUT2D eigenvalue weighted by Gasteiger charge is 2.29. The molecule has 2 fully saturated rings. The van der Waals surface area contributed by atoms with E-state index in [1.54, 1.807) is 0 Å². The number of rotatable bonds is 5. The number of carbonyl (C=O) groups excluding carboxylic acids is 1. The van der Waals surface area contributed by atoms with Crippen LogP contribution in [0.15, 0.2) is 4.42 Å². The summed E-state index contributed by atoms with van der Waals surface area (Å²) in [6.07, 6.45) is 2.84. The molecule has 0 aliphatic carbocycles. The number of carbonyl (C=O) groups is 1. The molecule has 0 radical (unpaired) electrons. The average Bonchev–Trinajstić information content (AvgIpc) is 3.08. The highest BCUT2D eigenvalue weighted by molar-refractivity contribution is 5.76. The van der Waals surface area contributed by atoms with Crippen molar-refractivity contribution >= 4 is 5.91 Å². The van der Waals surface area contributed by atoms with Crippen LogP contribution >= 0.6 is 0 Å². The van der Waals surface area contributed by atoms with Gasteiger partial charge < -0.3 is 14.2 Å². The Labute approximate surface area is 150 Å². The molecule has 1 unspecified atom stereocenters. The highest BCUT2D eigenvalue weighted by Crippen LogP contribution is 2.28. The summed E-state index contributed by atoms with van der Waals surface area (Å²) < 4.78 is 5.56. The maximum Gasteiger partial charge on any atom is 0.233 e. The molecule has 3 rings (SSSR count). The maximum absolute atomic E-state index is 12.6. The minimum Gasteiger partial charge on any atom is -0.424 e. The number of hydrogen-bond donors (Lipinski definition) is 0. The van der Waals surface area contributed by atoms with Crippen LogP contribution in [0.4, 0.5) is 0 Å². The van der Waals surface area contributed by atoms with Crippen molar-refractivity contribution in [3.63, 3.8) is 0 Å². The summed E-state index contributed by atoms with van der Waals surface area (Å²) in [7, 11) is 0. The largest absolute Gasteiger partial charge is 0.424 e. The first-order valence-corrected chi connectivity index (χ1v) is 9.61. The van der Waals surface area contributed by atoms with Crippen LogP contribution in [0.25, 0.3) is 0 Å². The topological polar surface area (TPSA) is 65.7 Å². The zero-order valence-electron chi connectivity index (χ0n) is 15.8. The summed E-state index contributed by atoms with van der Waals surface area (Å²) in [5.74, 6) is 2.16. The van der Waals surface area contributed by atoms with E-state index in [4.69, 9.17) is 4.42 Å². The summed E-state index contributed by atoms with van der Waals surface area (Å²) in [4.78, 5) is 19.4. The quantitative estimate of drug-likeness (QED) is 0.806. The highest BCUT2D eigenvalue weighted by atomic mass is 16.4. The number of likely N-dealkylation sites (N-methyl/N-ethyl adjacent to an activating group) is 1. The van der Waals surface area contributed by atoms with Gasteiger partial charge in [0.1, 0.15) is 0 Å². The number of piperidine rings is 1. The predicted octanol–water partition coefficient (Wildman–Crippen LogP) is 1.71. The fourth-order valence-electron chi connectivity index (χ4n) is 3.87. The molecule has 1 aromatic heterocycles. The van der Waals surface area contributed by atoms with E-state index in [9.17, 15) is 4.79 Å². The molecule has 1 atom stereocenters. The number of amides is 1. The van der Waals surface area contributed by atoms with Gasteiger partial charge in [-0.3, -0.25) is 9.69 Å². The van der Waals surface area contributed by atoms with E-state index in [-0.39, 0.29) is 6.04 Å². The van der Waals surface area contributed by atoms with E-state index < -0.39 is 0 Å². The second-order valence-corrected chi connectivity index (χ2v) is 7.33. The molecule has 0 aromatic carbocycles. The maximum atomic E-state index is 12.6. The van der Waals surface area contributed by atoms with Gasteiger partial charge in [-0.2, -0.15) is 0 Å². The zero-order valence-corrected chi connectivity index (χ0v) is 15.8. The first-order chi connectivity index (χ1) is 12.1. The van der Waals surface area contributed by atoms with Crippen LogP contribution in [0.5, 0.6) is 0 Å². The average molecular weight is 349 g/mol. The summed E-state index contributed by atoms with van der Waals surface area (Å²) in [6, 6.07) is 0.153. The smallest absolute Gasteiger partial charge is 0.233 e. The molecule has 140 valence electrons. The number of aromatic nitrogens is 2. The van der Waals surface area contributed by atoms with Gasteiger partial charge in [0, 0.05) is 39.5 Å². The van der Waals surface area contributed by atoms with Gasteiger partial charge in [-0.05, 0) is 45.3 Å². The molecule has 0 bridgehead atoms. The Morgan fingerprint density at radius 2 is 1.84 bits per heavy atom. The SMILES string of the molecule is CCN1CCN(C(=O)CC2CCN(C(C)c3nnc(C)o3)CC2)CC1. The van der Waals surface area contributed by atoms with E-state index in [2.05, 4.69) is 38.7 Å². The second-order valence-electron chi connectivity index (χ2n) is 7.33. The van der Waals surface area contributed by atoms with E-state index in [0.29, 0.717) is 30.0 Å². The van der Waals surface area contributed by atoms with Gasteiger partial charge in [-0.15, -0.1) is 10.2 Å². The Bertz CT molecular complexity index is 560. The summed E-state index contributed by atoms with van der Waals surface area (Å²) in [6.45, 7) is 13.0.